The Hall–Kier alpha value is -5.60. The van der Waals surface area contributed by atoms with Gasteiger partial charge in [0.15, 0.2) is 0 Å². The summed E-state index contributed by atoms with van der Waals surface area (Å²) in [4.78, 5) is 15.4. The van der Waals surface area contributed by atoms with E-state index in [-0.39, 0.29) is 0 Å². The van der Waals surface area contributed by atoms with E-state index >= 15 is 0 Å². The summed E-state index contributed by atoms with van der Waals surface area (Å²) in [5, 5.41) is 9.26. The SMILES string of the molecule is N#Cc1ccc(-c2ccc3c(n2)-c2nc4c(c(-c5ccc(OCc6ccccc6)cc5)c2CC3)CCc2cccnc2-4)cc1. The van der Waals surface area contributed by atoms with Crippen LogP contribution in [0.25, 0.3) is 45.2 Å². The van der Waals surface area contributed by atoms with Crippen LogP contribution in [0.2, 0.25) is 0 Å². The first-order valence-electron chi connectivity index (χ1n) is 15.0. The van der Waals surface area contributed by atoms with Crippen molar-refractivity contribution in [2.45, 2.75) is 32.3 Å². The fraction of sp³-hybridized carbons (Fsp3) is 0.128. The molecule has 0 aliphatic heterocycles. The zero-order chi connectivity index (χ0) is 29.5. The molecule has 0 atom stereocenters. The maximum Gasteiger partial charge on any atom is 0.119 e. The van der Waals surface area contributed by atoms with Crippen LogP contribution in [0.15, 0.2) is 109 Å². The number of nitrogens with zero attached hydrogens (tertiary/aromatic N) is 4. The Labute approximate surface area is 256 Å². The lowest BCUT2D eigenvalue weighted by Crippen LogP contribution is -2.16. The molecule has 0 spiro atoms. The number of fused-ring (bicyclic) bond motifs is 6. The van der Waals surface area contributed by atoms with Crippen LogP contribution in [0.4, 0.5) is 0 Å². The highest BCUT2D eigenvalue weighted by molar-refractivity contribution is 5.87. The summed E-state index contributed by atoms with van der Waals surface area (Å²) < 4.78 is 6.12. The van der Waals surface area contributed by atoms with Crippen molar-refractivity contribution in [2.24, 2.45) is 0 Å². The second-order valence-corrected chi connectivity index (χ2v) is 11.3. The summed E-state index contributed by atoms with van der Waals surface area (Å²) in [6.07, 6.45) is 5.53. The summed E-state index contributed by atoms with van der Waals surface area (Å²) in [6.45, 7) is 0.534. The molecule has 44 heavy (non-hydrogen) atoms. The molecule has 0 saturated carbocycles. The Bertz CT molecular complexity index is 2060. The molecule has 3 aromatic carbocycles. The quantitative estimate of drug-likeness (QED) is 0.210. The predicted octanol–water partition coefficient (Wildman–Crippen LogP) is 8.19. The Morgan fingerprint density at radius 3 is 2.07 bits per heavy atom. The van der Waals surface area contributed by atoms with Gasteiger partial charge in [0, 0.05) is 11.8 Å². The van der Waals surface area contributed by atoms with Gasteiger partial charge in [-0.2, -0.15) is 5.26 Å². The Morgan fingerprint density at radius 1 is 0.614 bits per heavy atom. The van der Waals surface area contributed by atoms with Crippen LogP contribution in [0.5, 0.6) is 5.75 Å². The first-order valence-corrected chi connectivity index (χ1v) is 15.0. The van der Waals surface area contributed by atoms with Crippen molar-refractivity contribution in [1.29, 1.82) is 5.26 Å². The van der Waals surface area contributed by atoms with Crippen molar-refractivity contribution in [2.75, 3.05) is 0 Å². The molecule has 5 heteroatoms. The number of aryl methyl sites for hydroxylation is 2. The lowest BCUT2D eigenvalue weighted by atomic mass is 9.80. The maximum absolute atomic E-state index is 9.26. The Kier molecular flexibility index (Phi) is 6.46. The molecule has 3 heterocycles. The van der Waals surface area contributed by atoms with E-state index in [1.165, 1.54) is 27.8 Å². The first kappa shape index (κ1) is 26.1. The lowest BCUT2D eigenvalue weighted by molar-refractivity contribution is 0.306. The van der Waals surface area contributed by atoms with E-state index in [0.29, 0.717) is 12.2 Å². The monoisotopic (exact) mass is 568 g/mol. The van der Waals surface area contributed by atoms with E-state index in [2.05, 4.69) is 60.7 Å². The average molecular weight is 569 g/mol. The van der Waals surface area contributed by atoms with E-state index in [9.17, 15) is 5.26 Å². The van der Waals surface area contributed by atoms with Crippen molar-refractivity contribution < 1.29 is 4.74 Å². The van der Waals surface area contributed by atoms with Gasteiger partial charge in [-0.3, -0.25) is 4.98 Å². The number of pyridine rings is 3. The van der Waals surface area contributed by atoms with Crippen LogP contribution in [0.1, 0.15) is 33.4 Å². The summed E-state index contributed by atoms with van der Waals surface area (Å²) in [5.74, 6) is 0.848. The minimum absolute atomic E-state index is 0.534. The van der Waals surface area contributed by atoms with Gasteiger partial charge in [-0.1, -0.05) is 66.7 Å². The van der Waals surface area contributed by atoms with Crippen LogP contribution in [-0.4, -0.2) is 15.0 Å². The van der Waals surface area contributed by atoms with Gasteiger partial charge in [-0.15, -0.1) is 0 Å². The van der Waals surface area contributed by atoms with Crippen molar-refractivity contribution >= 4 is 0 Å². The van der Waals surface area contributed by atoms with E-state index < -0.39 is 0 Å². The van der Waals surface area contributed by atoms with Crippen LogP contribution >= 0.6 is 0 Å². The normalized spacial score (nSPS) is 12.7. The summed E-state index contributed by atoms with van der Waals surface area (Å²) >= 11 is 0. The third-order valence-corrected chi connectivity index (χ3v) is 8.71. The third kappa shape index (κ3) is 4.62. The number of nitriles is 1. The molecule has 3 aromatic heterocycles. The van der Waals surface area contributed by atoms with Gasteiger partial charge >= 0.3 is 0 Å². The molecule has 210 valence electrons. The smallest absolute Gasteiger partial charge is 0.119 e. The van der Waals surface area contributed by atoms with Crippen molar-refractivity contribution in [3.63, 3.8) is 0 Å². The minimum atomic E-state index is 0.534. The Balaban J connectivity index is 1.26. The molecule has 2 aliphatic rings. The van der Waals surface area contributed by atoms with Crippen LogP contribution in [0.3, 0.4) is 0 Å². The molecule has 0 bridgehead atoms. The van der Waals surface area contributed by atoms with Gasteiger partial charge in [-0.05, 0) is 101 Å². The number of ether oxygens (including phenoxy) is 1. The molecule has 0 amide bonds. The molecule has 6 aromatic rings. The van der Waals surface area contributed by atoms with Crippen molar-refractivity contribution in [3.8, 4) is 57.0 Å². The second-order valence-electron chi connectivity index (χ2n) is 11.3. The van der Waals surface area contributed by atoms with Crippen LogP contribution in [0, 0.1) is 11.3 Å². The lowest BCUT2D eigenvalue weighted by Gasteiger charge is -2.28. The molecule has 0 unspecified atom stereocenters. The van der Waals surface area contributed by atoms with Crippen molar-refractivity contribution in [1.82, 2.24) is 15.0 Å². The minimum Gasteiger partial charge on any atom is -0.489 e. The molecule has 0 radical (unpaired) electrons. The number of aromatic nitrogens is 3. The van der Waals surface area contributed by atoms with Gasteiger partial charge in [-0.25, -0.2) is 9.97 Å². The highest BCUT2D eigenvalue weighted by atomic mass is 16.5. The maximum atomic E-state index is 9.26. The number of hydrogen-bond donors (Lipinski definition) is 0. The zero-order valence-electron chi connectivity index (χ0n) is 24.1. The molecule has 0 fully saturated rings. The summed E-state index contributed by atoms with van der Waals surface area (Å²) in [6, 6.07) is 37.0. The van der Waals surface area contributed by atoms with Gasteiger partial charge in [0.1, 0.15) is 12.4 Å². The molecular weight excluding hydrogens is 540 g/mol. The number of benzene rings is 3. The molecular formula is C39H28N4O. The largest absolute Gasteiger partial charge is 0.489 e. The van der Waals surface area contributed by atoms with Gasteiger partial charge < -0.3 is 4.74 Å². The first-order chi connectivity index (χ1) is 21.7. The van der Waals surface area contributed by atoms with Gasteiger partial charge in [0.25, 0.3) is 0 Å². The van der Waals surface area contributed by atoms with Gasteiger partial charge in [0.2, 0.25) is 0 Å². The number of hydrogen-bond acceptors (Lipinski definition) is 5. The van der Waals surface area contributed by atoms with E-state index in [1.807, 2.05) is 54.7 Å². The molecule has 5 nitrogen and oxygen atoms in total. The predicted molar refractivity (Wildman–Crippen MR) is 172 cm³/mol. The van der Waals surface area contributed by atoms with E-state index in [4.69, 9.17) is 19.7 Å². The molecule has 0 saturated heterocycles. The fourth-order valence-electron chi connectivity index (χ4n) is 6.50. The average Bonchev–Trinajstić information content (AvgIpc) is 3.10. The Morgan fingerprint density at radius 2 is 1.32 bits per heavy atom. The van der Waals surface area contributed by atoms with E-state index in [1.54, 1.807) is 0 Å². The molecule has 8 rings (SSSR count). The summed E-state index contributed by atoms with van der Waals surface area (Å²) in [5.41, 5.74) is 14.8. The van der Waals surface area contributed by atoms with Crippen molar-refractivity contribution in [3.05, 3.63) is 143 Å². The molecule has 2 aliphatic carbocycles. The van der Waals surface area contributed by atoms with Crippen LogP contribution in [-0.2, 0) is 32.3 Å². The van der Waals surface area contributed by atoms with Crippen LogP contribution < -0.4 is 4.74 Å². The highest BCUT2D eigenvalue weighted by Crippen LogP contribution is 2.45. The second kappa shape index (κ2) is 10.9. The fourth-order valence-corrected chi connectivity index (χ4v) is 6.50. The van der Waals surface area contributed by atoms with E-state index in [0.717, 1.165) is 76.6 Å². The molecule has 0 N–H and O–H groups in total. The number of rotatable bonds is 5. The topological polar surface area (TPSA) is 71.7 Å². The highest BCUT2D eigenvalue weighted by Gasteiger charge is 2.30. The standard InChI is InChI=1S/C39H28N4O/c40-23-25-8-10-27(11-9-25)34-21-16-30-15-20-33-35(28-12-17-31(18-13-28)44-24-26-5-2-1-3-6-26)32-19-14-29-7-4-22-41-36(29)38(32)43-39(33)37(30)42-34/h1-13,16-18,21-22H,14-15,19-20,24H2. The third-order valence-electron chi connectivity index (χ3n) is 8.71. The zero-order valence-corrected chi connectivity index (χ0v) is 24.1. The summed E-state index contributed by atoms with van der Waals surface area (Å²) in [7, 11) is 0. The van der Waals surface area contributed by atoms with Gasteiger partial charge in [0.05, 0.1) is 40.1 Å².